The maximum atomic E-state index is 11.0. The third-order valence-corrected chi connectivity index (χ3v) is 3.93. The number of benzene rings is 1. The van der Waals surface area contributed by atoms with Crippen LogP contribution in [0.4, 0.5) is 4.79 Å². The number of aliphatic hydroxyl groups excluding tert-OH is 1. The molecule has 1 heterocycles. The van der Waals surface area contributed by atoms with Gasteiger partial charge in [-0.1, -0.05) is 29.3 Å². The molecule has 0 saturated carbocycles. The summed E-state index contributed by atoms with van der Waals surface area (Å²) in [7, 11) is 0. The molecule has 1 unspecified atom stereocenters. The number of aliphatic hydroxyl groups is 1. The average Bonchev–Trinajstić information content (AvgIpc) is 2.81. The molecule has 2 N–H and O–H groups in total. The lowest BCUT2D eigenvalue weighted by Crippen LogP contribution is -2.38. The third kappa shape index (κ3) is 2.55. The van der Waals surface area contributed by atoms with Gasteiger partial charge in [0.2, 0.25) is 0 Å². The smallest absolute Gasteiger partial charge is 0.407 e. The molecule has 1 aliphatic rings. The van der Waals surface area contributed by atoms with Gasteiger partial charge in [0.05, 0.1) is 22.2 Å². The van der Waals surface area contributed by atoms with Crippen LogP contribution in [0.15, 0.2) is 18.2 Å². The zero-order chi connectivity index (χ0) is 13.3. The monoisotopic (exact) mass is 289 g/mol. The molecule has 0 spiro atoms. The summed E-state index contributed by atoms with van der Waals surface area (Å²) in [6.45, 7) is 0.457. The normalized spacial score (nSPS) is 21.1. The van der Waals surface area contributed by atoms with Crippen LogP contribution in [0.25, 0.3) is 0 Å². The predicted molar refractivity (Wildman–Crippen MR) is 69.2 cm³/mol. The van der Waals surface area contributed by atoms with E-state index in [1.54, 1.807) is 18.2 Å². The van der Waals surface area contributed by atoms with Gasteiger partial charge < -0.3 is 15.1 Å². The Kier molecular flexibility index (Phi) is 4.00. The van der Waals surface area contributed by atoms with Crippen molar-refractivity contribution < 1.29 is 15.0 Å². The number of hydrogen-bond acceptors (Lipinski definition) is 2. The lowest BCUT2D eigenvalue weighted by Gasteiger charge is -2.26. The summed E-state index contributed by atoms with van der Waals surface area (Å²) in [6.07, 6.45) is -0.474. The van der Waals surface area contributed by atoms with Crippen LogP contribution in [0.1, 0.15) is 24.5 Å². The minimum absolute atomic E-state index is 0.355. The van der Waals surface area contributed by atoms with E-state index in [1.165, 1.54) is 4.90 Å². The Bertz CT molecular complexity index is 467. The van der Waals surface area contributed by atoms with Crippen molar-refractivity contribution in [3.05, 3.63) is 33.8 Å². The Hall–Kier alpha value is -0.970. The van der Waals surface area contributed by atoms with Crippen molar-refractivity contribution in [3.63, 3.8) is 0 Å². The van der Waals surface area contributed by atoms with Gasteiger partial charge in [-0.3, -0.25) is 0 Å². The van der Waals surface area contributed by atoms with E-state index in [9.17, 15) is 9.90 Å². The van der Waals surface area contributed by atoms with Crippen LogP contribution in [0.2, 0.25) is 10.0 Å². The highest BCUT2D eigenvalue weighted by molar-refractivity contribution is 6.42. The van der Waals surface area contributed by atoms with Gasteiger partial charge in [0.15, 0.2) is 0 Å². The standard InChI is InChI=1S/C12H13Cl2NO3/c13-8-4-3-7(6-9(8)14)11(16)10-2-1-5-15(10)12(17)18/h3-4,6,10-11,16H,1-2,5H2,(H,17,18)/t10-,11?/m1/s1. The van der Waals surface area contributed by atoms with Gasteiger partial charge in [0.25, 0.3) is 0 Å². The number of likely N-dealkylation sites (tertiary alicyclic amines) is 1. The topological polar surface area (TPSA) is 60.8 Å². The first-order valence-corrected chi connectivity index (χ1v) is 6.39. The lowest BCUT2D eigenvalue weighted by molar-refractivity contribution is 0.0677. The molecular weight excluding hydrogens is 277 g/mol. The number of amides is 1. The minimum atomic E-state index is -1.00. The fourth-order valence-corrected chi connectivity index (χ4v) is 2.58. The van der Waals surface area contributed by atoms with Gasteiger partial charge in [0.1, 0.15) is 0 Å². The van der Waals surface area contributed by atoms with Gasteiger partial charge in [-0.25, -0.2) is 4.79 Å². The summed E-state index contributed by atoms with van der Waals surface area (Å²) in [6, 6.07) is 4.42. The second-order valence-corrected chi connectivity index (χ2v) is 5.12. The molecule has 0 bridgehead atoms. The highest BCUT2D eigenvalue weighted by Gasteiger charge is 2.34. The van der Waals surface area contributed by atoms with Gasteiger partial charge in [0, 0.05) is 6.54 Å². The second kappa shape index (κ2) is 5.34. The molecule has 1 aromatic rings. The van der Waals surface area contributed by atoms with Crippen LogP contribution in [-0.2, 0) is 0 Å². The lowest BCUT2D eigenvalue weighted by atomic mass is 10.0. The van der Waals surface area contributed by atoms with Crippen LogP contribution in [0.3, 0.4) is 0 Å². The summed E-state index contributed by atoms with van der Waals surface area (Å²) >= 11 is 11.7. The third-order valence-electron chi connectivity index (χ3n) is 3.19. The predicted octanol–water partition coefficient (Wildman–Crippen LogP) is 3.17. The number of carboxylic acid groups (broad SMARTS) is 1. The molecule has 1 saturated heterocycles. The summed E-state index contributed by atoms with van der Waals surface area (Å²) < 4.78 is 0. The fourth-order valence-electron chi connectivity index (χ4n) is 2.28. The van der Waals surface area contributed by atoms with Crippen LogP contribution in [-0.4, -0.2) is 33.8 Å². The molecular formula is C12H13Cl2NO3. The van der Waals surface area contributed by atoms with Crippen molar-refractivity contribution in [2.24, 2.45) is 0 Å². The molecule has 0 aliphatic carbocycles. The molecule has 1 aliphatic heterocycles. The average molecular weight is 290 g/mol. The zero-order valence-corrected chi connectivity index (χ0v) is 11.0. The Morgan fingerprint density at radius 3 is 2.72 bits per heavy atom. The highest BCUT2D eigenvalue weighted by Crippen LogP contribution is 2.32. The van der Waals surface area contributed by atoms with E-state index in [1.807, 2.05) is 0 Å². The van der Waals surface area contributed by atoms with Crippen molar-refractivity contribution in [3.8, 4) is 0 Å². The van der Waals surface area contributed by atoms with E-state index in [2.05, 4.69) is 0 Å². The van der Waals surface area contributed by atoms with E-state index < -0.39 is 18.2 Å². The van der Waals surface area contributed by atoms with Gasteiger partial charge in [-0.15, -0.1) is 0 Å². The largest absolute Gasteiger partial charge is 0.465 e. The Labute approximate surface area is 115 Å². The first kappa shape index (κ1) is 13.5. The van der Waals surface area contributed by atoms with Crippen molar-refractivity contribution in [1.82, 2.24) is 4.90 Å². The molecule has 1 fully saturated rings. The summed E-state index contributed by atoms with van der Waals surface area (Å²) in [5, 5.41) is 20.1. The maximum absolute atomic E-state index is 11.0. The number of carbonyl (C=O) groups is 1. The van der Waals surface area contributed by atoms with E-state index in [0.717, 1.165) is 6.42 Å². The fraction of sp³-hybridized carbons (Fsp3) is 0.417. The van der Waals surface area contributed by atoms with Gasteiger partial charge >= 0.3 is 6.09 Å². The molecule has 1 aromatic carbocycles. The first-order chi connectivity index (χ1) is 8.50. The Balaban J connectivity index is 2.22. The highest BCUT2D eigenvalue weighted by atomic mass is 35.5. The van der Waals surface area contributed by atoms with Crippen LogP contribution < -0.4 is 0 Å². The Morgan fingerprint density at radius 1 is 1.39 bits per heavy atom. The molecule has 0 radical (unpaired) electrons. The number of hydrogen-bond donors (Lipinski definition) is 2. The van der Waals surface area contributed by atoms with Crippen molar-refractivity contribution >= 4 is 29.3 Å². The Morgan fingerprint density at radius 2 is 2.11 bits per heavy atom. The number of halogens is 2. The second-order valence-electron chi connectivity index (χ2n) is 4.30. The first-order valence-electron chi connectivity index (χ1n) is 5.63. The van der Waals surface area contributed by atoms with E-state index >= 15 is 0 Å². The molecule has 1 amide bonds. The molecule has 6 heteroatoms. The summed E-state index contributed by atoms with van der Waals surface area (Å²) in [5.41, 5.74) is 0.586. The van der Waals surface area contributed by atoms with Crippen LogP contribution >= 0.6 is 23.2 Å². The number of rotatable bonds is 2. The molecule has 98 valence electrons. The van der Waals surface area contributed by atoms with Crippen LogP contribution in [0.5, 0.6) is 0 Å². The van der Waals surface area contributed by atoms with Gasteiger partial charge in [-0.2, -0.15) is 0 Å². The van der Waals surface area contributed by atoms with E-state index in [4.69, 9.17) is 28.3 Å². The van der Waals surface area contributed by atoms with E-state index in [0.29, 0.717) is 28.6 Å². The SMILES string of the molecule is O=C(O)N1CCC[C@@H]1C(O)c1ccc(Cl)c(Cl)c1. The molecule has 18 heavy (non-hydrogen) atoms. The molecule has 2 rings (SSSR count). The van der Waals surface area contributed by atoms with Gasteiger partial charge in [-0.05, 0) is 30.5 Å². The molecule has 2 atom stereocenters. The number of nitrogens with zero attached hydrogens (tertiary/aromatic N) is 1. The van der Waals surface area contributed by atoms with Crippen molar-refractivity contribution in [2.45, 2.75) is 25.0 Å². The summed E-state index contributed by atoms with van der Waals surface area (Å²) in [5.74, 6) is 0. The molecule has 0 aromatic heterocycles. The van der Waals surface area contributed by atoms with Crippen molar-refractivity contribution in [2.75, 3.05) is 6.54 Å². The quantitative estimate of drug-likeness (QED) is 0.879. The van der Waals surface area contributed by atoms with Crippen LogP contribution in [0, 0.1) is 0 Å². The maximum Gasteiger partial charge on any atom is 0.407 e. The van der Waals surface area contributed by atoms with E-state index in [-0.39, 0.29) is 0 Å². The summed E-state index contributed by atoms with van der Waals surface area (Å²) in [4.78, 5) is 12.3. The molecule has 4 nitrogen and oxygen atoms in total. The minimum Gasteiger partial charge on any atom is -0.465 e. The zero-order valence-electron chi connectivity index (χ0n) is 9.51. The van der Waals surface area contributed by atoms with Crippen molar-refractivity contribution in [1.29, 1.82) is 0 Å².